The highest BCUT2D eigenvalue weighted by Crippen LogP contribution is 2.07. The van der Waals surface area contributed by atoms with Crippen molar-refractivity contribution in [3.63, 3.8) is 0 Å². The van der Waals surface area contributed by atoms with Crippen LogP contribution in [0.1, 0.15) is 52.4 Å². The fraction of sp³-hybridized carbons (Fsp3) is 1.00. The molecule has 1 aliphatic heterocycles. The topological polar surface area (TPSA) is 15.3 Å². The van der Waals surface area contributed by atoms with Crippen LogP contribution in [0.25, 0.3) is 0 Å². The Hall–Kier alpha value is -0.0800. The molecular weight excluding hydrogens is 184 g/mol. The predicted molar refractivity (Wildman–Crippen MR) is 67.3 cm³/mol. The first-order valence-electron chi connectivity index (χ1n) is 6.82. The summed E-state index contributed by atoms with van der Waals surface area (Å²) in [5, 5.41) is 3.69. The van der Waals surface area contributed by atoms with Gasteiger partial charge >= 0.3 is 0 Å². The summed E-state index contributed by atoms with van der Waals surface area (Å²) in [5.41, 5.74) is 0. The molecular formula is C13H28N2. The molecule has 1 saturated heterocycles. The molecule has 0 aromatic carbocycles. The molecule has 1 aliphatic rings. The van der Waals surface area contributed by atoms with Crippen LogP contribution in [0, 0.1) is 0 Å². The Morgan fingerprint density at radius 3 is 2.53 bits per heavy atom. The van der Waals surface area contributed by atoms with E-state index in [1.54, 1.807) is 0 Å². The number of nitrogens with zero attached hydrogens (tertiary/aromatic N) is 1. The van der Waals surface area contributed by atoms with E-state index < -0.39 is 0 Å². The van der Waals surface area contributed by atoms with Gasteiger partial charge in [0.2, 0.25) is 0 Å². The molecule has 0 aromatic rings. The smallest absolute Gasteiger partial charge is 0.0107 e. The summed E-state index contributed by atoms with van der Waals surface area (Å²) in [6, 6.07) is 0.757. The first-order valence-corrected chi connectivity index (χ1v) is 6.82. The maximum absolute atomic E-state index is 3.69. The number of hydrogen-bond donors (Lipinski definition) is 1. The van der Waals surface area contributed by atoms with Crippen LogP contribution in [-0.2, 0) is 0 Å². The molecule has 1 atom stereocenters. The van der Waals surface area contributed by atoms with Crippen molar-refractivity contribution in [3.8, 4) is 0 Å². The Bertz CT molecular complexity index is 141. The van der Waals surface area contributed by atoms with Crippen LogP contribution in [0.15, 0.2) is 0 Å². The van der Waals surface area contributed by atoms with Crippen LogP contribution < -0.4 is 5.32 Å². The fourth-order valence-corrected chi connectivity index (χ4v) is 2.33. The summed E-state index contributed by atoms with van der Waals surface area (Å²) in [4.78, 5) is 2.58. The third-order valence-electron chi connectivity index (χ3n) is 3.46. The second-order valence-corrected chi connectivity index (χ2v) is 4.75. The van der Waals surface area contributed by atoms with Gasteiger partial charge in [0.25, 0.3) is 0 Å². The van der Waals surface area contributed by atoms with Crippen molar-refractivity contribution in [2.45, 2.75) is 58.4 Å². The van der Waals surface area contributed by atoms with Crippen molar-refractivity contribution in [3.05, 3.63) is 0 Å². The highest BCUT2D eigenvalue weighted by Gasteiger charge is 2.11. The third kappa shape index (κ3) is 5.53. The second-order valence-electron chi connectivity index (χ2n) is 4.75. The Morgan fingerprint density at radius 2 is 1.93 bits per heavy atom. The minimum atomic E-state index is 0.757. The van der Waals surface area contributed by atoms with Crippen molar-refractivity contribution in [2.75, 3.05) is 26.2 Å². The van der Waals surface area contributed by atoms with Gasteiger partial charge in [-0.2, -0.15) is 0 Å². The standard InChI is InChI=1S/C13H28N2/c1-3-5-8-13(4-2)14-9-12-15-10-6-7-11-15/h13-14H,3-12H2,1-2H3. The average molecular weight is 212 g/mol. The van der Waals surface area contributed by atoms with Gasteiger partial charge in [-0.1, -0.05) is 26.7 Å². The van der Waals surface area contributed by atoms with E-state index in [0.717, 1.165) is 6.04 Å². The molecule has 1 N–H and O–H groups in total. The summed E-state index contributed by atoms with van der Waals surface area (Å²) in [7, 11) is 0. The lowest BCUT2D eigenvalue weighted by molar-refractivity contribution is 0.321. The van der Waals surface area contributed by atoms with Crippen LogP contribution in [0.3, 0.4) is 0 Å². The van der Waals surface area contributed by atoms with Crippen LogP contribution in [0.5, 0.6) is 0 Å². The molecule has 2 heteroatoms. The minimum absolute atomic E-state index is 0.757. The number of hydrogen-bond acceptors (Lipinski definition) is 2. The van der Waals surface area contributed by atoms with Crippen molar-refractivity contribution < 1.29 is 0 Å². The van der Waals surface area contributed by atoms with E-state index in [1.807, 2.05) is 0 Å². The van der Waals surface area contributed by atoms with Crippen molar-refractivity contribution in [1.29, 1.82) is 0 Å². The lowest BCUT2D eigenvalue weighted by atomic mass is 10.1. The van der Waals surface area contributed by atoms with Gasteiger partial charge in [0, 0.05) is 19.1 Å². The van der Waals surface area contributed by atoms with Gasteiger partial charge in [0.15, 0.2) is 0 Å². The number of unbranched alkanes of at least 4 members (excludes halogenated alkanes) is 1. The molecule has 1 unspecified atom stereocenters. The van der Waals surface area contributed by atoms with Crippen LogP contribution in [0.4, 0.5) is 0 Å². The Morgan fingerprint density at radius 1 is 1.20 bits per heavy atom. The zero-order valence-electron chi connectivity index (χ0n) is 10.6. The minimum Gasteiger partial charge on any atom is -0.313 e. The lowest BCUT2D eigenvalue weighted by Gasteiger charge is -2.20. The molecule has 0 bridgehead atoms. The Balaban J connectivity index is 2.00. The van der Waals surface area contributed by atoms with E-state index in [-0.39, 0.29) is 0 Å². The highest BCUT2D eigenvalue weighted by atomic mass is 15.2. The molecule has 0 spiro atoms. The molecule has 0 aromatic heterocycles. The first-order chi connectivity index (χ1) is 7.36. The van der Waals surface area contributed by atoms with E-state index in [0.29, 0.717) is 0 Å². The summed E-state index contributed by atoms with van der Waals surface area (Å²) < 4.78 is 0. The average Bonchev–Trinajstić information content (AvgIpc) is 2.76. The largest absolute Gasteiger partial charge is 0.313 e. The molecule has 0 radical (unpaired) electrons. The molecule has 2 nitrogen and oxygen atoms in total. The summed E-state index contributed by atoms with van der Waals surface area (Å²) in [5.74, 6) is 0. The molecule has 15 heavy (non-hydrogen) atoms. The summed E-state index contributed by atoms with van der Waals surface area (Å²) in [6.45, 7) is 9.66. The van der Waals surface area contributed by atoms with Crippen LogP contribution in [0.2, 0.25) is 0 Å². The van der Waals surface area contributed by atoms with Gasteiger partial charge in [0.05, 0.1) is 0 Å². The molecule has 90 valence electrons. The van der Waals surface area contributed by atoms with E-state index in [1.165, 1.54) is 64.7 Å². The van der Waals surface area contributed by atoms with Gasteiger partial charge < -0.3 is 10.2 Å². The van der Waals surface area contributed by atoms with Gasteiger partial charge in [-0.15, -0.1) is 0 Å². The van der Waals surface area contributed by atoms with Crippen LogP contribution in [-0.4, -0.2) is 37.1 Å². The van der Waals surface area contributed by atoms with Crippen LogP contribution >= 0.6 is 0 Å². The van der Waals surface area contributed by atoms with Gasteiger partial charge in [-0.25, -0.2) is 0 Å². The van der Waals surface area contributed by atoms with Crippen molar-refractivity contribution in [1.82, 2.24) is 10.2 Å². The van der Waals surface area contributed by atoms with Crippen molar-refractivity contribution in [2.24, 2.45) is 0 Å². The van der Waals surface area contributed by atoms with Gasteiger partial charge in [0.1, 0.15) is 0 Å². The molecule has 1 rings (SSSR count). The van der Waals surface area contributed by atoms with Crippen molar-refractivity contribution >= 4 is 0 Å². The number of nitrogens with one attached hydrogen (secondary N) is 1. The predicted octanol–water partition coefficient (Wildman–Crippen LogP) is 2.64. The quantitative estimate of drug-likeness (QED) is 0.665. The maximum Gasteiger partial charge on any atom is 0.0107 e. The summed E-state index contributed by atoms with van der Waals surface area (Å²) >= 11 is 0. The van der Waals surface area contributed by atoms with E-state index in [9.17, 15) is 0 Å². The van der Waals surface area contributed by atoms with E-state index >= 15 is 0 Å². The second kappa shape index (κ2) is 8.12. The molecule has 0 aliphatic carbocycles. The monoisotopic (exact) mass is 212 g/mol. The molecule has 0 amide bonds. The maximum atomic E-state index is 3.69. The number of likely N-dealkylation sites (tertiary alicyclic amines) is 1. The normalized spacial score (nSPS) is 19.6. The number of rotatable bonds is 8. The molecule has 0 saturated carbocycles. The highest BCUT2D eigenvalue weighted by molar-refractivity contribution is 4.70. The van der Waals surface area contributed by atoms with Gasteiger partial charge in [-0.05, 0) is 38.8 Å². The van der Waals surface area contributed by atoms with Gasteiger partial charge in [-0.3, -0.25) is 0 Å². The zero-order valence-corrected chi connectivity index (χ0v) is 10.6. The zero-order chi connectivity index (χ0) is 10.9. The lowest BCUT2D eigenvalue weighted by Crippen LogP contribution is -2.35. The summed E-state index contributed by atoms with van der Waals surface area (Å²) in [6.07, 6.45) is 8.15. The third-order valence-corrected chi connectivity index (χ3v) is 3.46. The Labute approximate surface area is 95.4 Å². The van der Waals surface area contributed by atoms with E-state index in [2.05, 4.69) is 24.1 Å². The Kier molecular flexibility index (Phi) is 7.03. The molecule has 1 heterocycles. The fourth-order valence-electron chi connectivity index (χ4n) is 2.33. The van der Waals surface area contributed by atoms with E-state index in [4.69, 9.17) is 0 Å². The SMILES string of the molecule is CCCCC(CC)NCCN1CCCC1. The molecule has 1 fully saturated rings. The first kappa shape index (κ1) is 13.0.